The lowest BCUT2D eigenvalue weighted by Crippen LogP contribution is -2.24. The fraction of sp³-hybridized carbons (Fsp3) is 0.750. The maximum absolute atomic E-state index is 3.71. The van der Waals surface area contributed by atoms with Crippen LogP contribution in [0.2, 0.25) is 0 Å². The van der Waals surface area contributed by atoms with Crippen molar-refractivity contribution in [2.75, 3.05) is 6.54 Å². The highest BCUT2D eigenvalue weighted by molar-refractivity contribution is 9.13. The molecular formula is C16H27Br2NS. The molecule has 2 unspecified atom stereocenters. The van der Waals surface area contributed by atoms with E-state index >= 15 is 0 Å². The maximum Gasteiger partial charge on any atom is 0.0843 e. The summed E-state index contributed by atoms with van der Waals surface area (Å²) in [6.45, 7) is 12.7. The molecule has 1 nitrogen and oxygen atoms in total. The Morgan fingerprint density at radius 3 is 2.40 bits per heavy atom. The number of nitrogens with one attached hydrogen (secondary N) is 1. The third-order valence-electron chi connectivity index (χ3n) is 3.25. The second-order valence-corrected chi connectivity index (χ2v) is 10.1. The number of hydrogen-bond donors (Lipinski definition) is 1. The third-order valence-corrected chi connectivity index (χ3v) is 6.62. The van der Waals surface area contributed by atoms with Crippen LogP contribution in [0.15, 0.2) is 14.3 Å². The molecule has 1 heterocycles. The van der Waals surface area contributed by atoms with Gasteiger partial charge in [0, 0.05) is 15.4 Å². The number of rotatable bonds is 7. The molecule has 0 saturated carbocycles. The lowest BCUT2D eigenvalue weighted by atomic mass is 9.83. The third kappa shape index (κ3) is 6.59. The van der Waals surface area contributed by atoms with Gasteiger partial charge in [-0.25, -0.2) is 0 Å². The van der Waals surface area contributed by atoms with Gasteiger partial charge in [0.2, 0.25) is 0 Å². The minimum atomic E-state index is 0.408. The van der Waals surface area contributed by atoms with Gasteiger partial charge in [0.25, 0.3) is 0 Å². The minimum Gasteiger partial charge on any atom is -0.309 e. The Bertz CT molecular complexity index is 390. The van der Waals surface area contributed by atoms with Crippen LogP contribution in [0, 0.1) is 11.3 Å². The fourth-order valence-electron chi connectivity index (χ4n) is 2.68. The quantitative estimate of drug-likeness (QED) is 0.508. The first kappa shape index (κ1) is 18.7. The highest BCUT2D eigenvalue weighted by atomic mass is 79.9. The smallest absolute Gasteiger partial charge is 0.0843 e. The molecule has 20 heavy (non-hydrogen) atoms. The van der Waals surface area contributed by atoms with Crippen LogP contribution < -0.4 is 5.32 Å². The second-order valence-electron chi connectivity index (χ2n) is 6.88. The monoisotopic (exact) mass is 423 g/mol. The van der Waals surface area contributed by atoms with Crippen molar-refractivity contribution in [3.05, 3.63) is 19.2 Å². The highest BCUT2D eigenvalue weighted by Crippen LogP contribution is 2.38. The van der Waals surface area contributed by atoms with Crippen LogP contribution in [0.5, 0.6) is 0 Å². The Balaban J connectivity index is 2.74. The predicted molar refractivity (Wildman–Crippen MR) is 98.6 cm³/mol. The summed E-state index contributed by atoms with van der Waals surface area (Å²) < 4.78 is 2.36. The van der Waals surface area contributed by atoms with Crippen LogP contribution in [-0.4, -0.2) is 6.54 Å². The van der Waals surface area contributed by atoms with Gasteiger partial charge in [-0.1, -0.05) is 34.6 Å². The van der Waals surface area contributed by atoms with E-state index in [-0.39, 0.29) is 0 Å². The number of halogens is 2. The van der Waals surface area contributed by atoms with E-state index in [1.54, 1.807) is 0 Å². The molecule has 0 aliphatic carbocycles. The number of thiophene rings is 1. The van der Waals surface area contributed by atoms with Gasteiger partial charge >= 0.3 is 0 Å². The molecule has 0 aromatic carbocycles. The number of hydrogen-bond acceptors (Lipinski definition) is 2. The van der Waals surface area contributed by atoms with Crippen molar-refractivity contribution in [1.29, 1.82) is 0 Å². The van der Waals surface area contributed by atoms with Crippen molar-refractivity contribution in [3.63, 3.8) is 0 Å². The van der Waals surface area contributed by atoms with Crippen LogP contribution in [-0.2, 0) is 0 Å². The molecule has 0 bridgehead atoms. The summed E-state index contributed by atoms with van der Waals surface area (Å²) in [5.41, 5.74) is 0.408. The van der Waals surface area contributed by atoms with E-state index in [2.05, 4.69) is 77.9 Å². The first-order valence-corrected chi connectivity index (χ1v) is 9.81. The molecule has 0 aliphatic heterocycles. The molecular weight excluding hydrogens is 398 g/mol. The van der Waals surface area contributed by atoms with E-state index in [9.17, 15) is 0 Å². The van der Waals surface area contributed by atoms with Crippen LogP contribution in [0.25, 0.3) is 0 Å². The maximum atomic E-state index is 3.71. The largest absolute Gasteiger partial charge is 0.309 e. The molecule has 0 saturated heterocycles. The SMILES string of the molecule is CCCNC(CC(C)CC(C)(C)C)c1cc(Br)c(Br)s1. The first-order chi connectivity index (χ1) is 9.23. The molecule has 1 rings (SSSR count). The Kier molecular flexibility index (Phi) is 7.75. The molecule has 1 N–H and O–H groups in total. The topological polar surface area (TPSA) is 12.0 Å². The molecule has 0 fully saturated rings. The van der Waals surface area contributed by atoms with Gasteiger partial charge in [-0.2, -0.15) is 0 Å². The Hall–Kier alpha value is 0.620. The minimum absolute atomic E-state index is 0.408. The van der Waals surface area contributed by atoms with Gasteiger partial charge in [0.15, 0.2) is 0 Å². The summed E-state index contributed by atoms with van der Waals surface area (Å²) in [7, 11) is 0. The van der Waals surface area contributed by atoms with E-state index in [0.717, 1.165) is 12.5 Å². The molecule has 1 aromatic heterocycles. The summed E-state index contributed by atoms with van der Waals surface area (Å²) in [6.07, 6.45) is 3.65. The van der Waals surface area contributed by atoms with Gasteiger partial charge in [-0.3, -0.25) is 0 Å². The molecule has 0 radical (unpaired) electrons. The van der Waals surface area contributed by atoms with Crippen molar-refractivity contribution < 1.29 is 0 Å². The van der Waals surface area contributed by atoms with Gasteiger partial charge < -0.3 is 5.32 Å². The molecule has 116 valence electrons. The summed E-state index contributed by atoms with van der Waals surface area (Å²) >= 11 is 9.05. The Labute approximate surface area is 145 Å². The van der Waals surface area contributed by atoms with E-state index in [0.29, 0.717) is 11.5 Å². The van der Waals surface area contributed by atoms with Crippen molar-refractivity contribution in [1.82, 2.24) is 5.32 Å². The van der Waals surface area contributed by atoms with Crippen LogP contribution in [0.3, 0.4) is 0 Å². The van der Waals surface area contributed by atoms with E-state index < -0.39 is 0 Å². The molecule has 4 heteroatoms. The summed E-state index contributed by atoms with van der Waals surface area (Å²) in [4.78, 5) is 1.43. The zero-order chi connectivity index (χ0) is 15.3. The van der Waals surface area contributed by atoms with Gasteiger partial charge in [-0.15, -0.1) is 11.3 Å². The molecule has 0 spiro atoms. The van der Waals surface area contributed by atoms with Crippen molar-refractivity contribution in [2.24, 2.45) is 11.3 Å². The van der Waals surface area contributed by atoms with Gasteiger partial charge in [-0.05, 0) is 75.1 Å². The standard InChI is InChI=1S/C16H27Br2NS/c1-6-7-19-13(8-11(2)10-16(3,4)5)14-9-12(17)15(18)20-14/h9,11,13,19H,6-8,10H2,1-5H3. The molecule has 1 aromatic rings. The second kappa shape index (κ2) is 8.30. The van der Waals surface area contributed by atoms with E-state index in [1.165, 1.54) is 32.4 Å². The first-order valence-electron chi connectivity index (χ1n) is 7.41. The lowest BCUT2D eigenvalue weighted by Gasteiger charge is -2.27. The summed E-state index contributed by atoms with van der Waals surface area (Å²) in [5.74, 6) is 0.726. The van der Waals surface area contributed by atoms with Gasteiger partial charge in [0.05, 0.1) is 3.79 Å². The van der Waals surface area contributed by atoms with Crippen LogP contribution in [0.1, 0.15) is 64.8 Å². The van der Waals surface area contributed by atoms with E-state index in [1.807, 2.05) is 11.3 Å². The molecule has 0 aliphatic rings. The fourth-order valence-corrected chi connectivity index (χ4v) is 4.86. The highest BCUT2D eigenvalue weighted by Gasteiger charge is 2.21. The Morgan fingerprint density at radius 2 is 1.95 bits per heavy atom. The van der Waals surface area contributed by atoms with Crippen molar-refractivity contribution in [2.45, 2.75) is 59.9 Å². The van der Waals surface area contributed by atoms with Crippen molar-refractivity contribution >= 4 is 43.2 Å². The molecule has 0 amide bonds. The average molecular weight is 425 g/mol. The zero-order valence-electron chi connectivity index (χ0n) is 13.2. The van der Waals surface area contributed by atoms with Crippen molar-refractivity contribution in [3.8, 4) is 0 Å². The Morgan fingerprint density at radius 1 is 1.30 bits per heavy atom. The van der Waals surface area contributed by atoms with Crippen LogP contribution >= 0.6 is 43.2 Å². The van der Waals surface area contributed by atoms with E-state index in [4.69, 9.17) is 0 Å². The van der Waals surface area contributed by atoms with Crippen LogP contribution in [0.4, 0.5) is 0 Å². The van der Waals surface area contributed by atoms with Gasteiger partial charge in [0.1, 0.15) is 0 Å². The lowest BCUT2D eigenvalue weighted by molar-refractivity contribution is 0.276. The normalized spacial score (nSPS) is 15.3. The molecule has 2 atom stereocenters. The zero-order valence-corrected chi connectivity index (χ0v) is 17.2. The predicted octanol–water partition coefficient (Wildman–Crippen LogP) is 6.78. The summed E-state index contributed by atoms with van der Waals surface area (Å²) in [6, 6.07) is 2.73. The summed E-state index contributed by atoms with van der Waals surface area (Å²) in [5, 5.41) is 3.71. The average Bonchev–Trinajstić information content (AvgIpc) is 2.62.